The van der Waals surface area contributed by atoms with Crippen molar-refractivity contribution in [3.8, 4) is 0 Å². The SMILES string of the molecule is CCCCCC/C=C\C/C=C\CCCCCCCC(=O)OCC(COC(=O)CCCCCCCCCCCCCCCCCCCCCC)OC(=O)CCCCCCCCCCC/C=C\CCCCCCCC. The number of rotatable bonds is 60. The quantitative estimate of drug-likeness (QED) is 0.0261. The largest absolute Gasteiger partial charge is 0.462 e. The number of carbonyl (C=O) groups excluding carboxylic acids is 3. The Hall–Kier alpha value is -2.37. The number of allylic oxidation sites excluding steroid dienone is 6. The van der Waals surface area contributed by atoms with Gasteiger partial charge in [-0.15, -0.1) is 0 Å². The average Bonchev–Trinajstić information content (AvgIpc) is 3.39. The Kier molecular flexibility index (Phi) is 60.2. The Morgan fingerprint density at radius 2 is 0.493 bits per heavy atom. The molecule has 73 heavy (non-hydrogen) atoms. The van der Waals surface area contributed by atoms with Crippen molar-refractivity contribution in [3.05, 3.63) is 36.5 Å². The molecule has 0 heterocycles. The molecule has 428 valence electrons. The van der Waals surface area contributed by atoms with E-state index < -0.39 is 6.10 Å². The van der Waals surface area contributed by atoms with E-state index in [1.165, 1.54) is 238 Å². The molecule has 0 saturated carbocycles. The standard InChI is InChI=1S/C67H124O6/c1-4-7-10-13-16-19-22-25-28-31-33-35-36-39-42-45-48-51-54-57-60-66(69)72-63-64(62-71-65(68)59-56-53-50-47-44-41-38-30-27-24-21-18-15-12-9-6-3)73-67(70)61-58-55-52-49-46-43-40-37-34-32-29-26-23-20-17-14-11-8-5-2/h21,24,26,29-30,38,64H,4-20,22-23,25,27-28,31-37,39-63H2,1-3H3/b24-21-,29-26-,38-30-. The van der Waals surface area contributed by atoms with E-state index in [-0.39, 0.29) is 31.1 Å². The molecule has 0 spiro atoms. The average molecular weight is 1030 g/mol. The lowest BCUT2D eigenvalue weighted by atomic mass is 10.0. The van der Waals surface area contributed by atoms with E-state index in [0.717, 1.165) is 77.0 Å². The predicted octanol–water partition coefficient (Wildman–Crippen LogP) is 22.0. The summed E-state index contributed by atoms with van der Waals surface area (Å²) in [5.41, 5.74) is 0. The van der Waals surface area contributed by atoms with Gasteiger partial charge < -0.3 is 14.2 Å². The molecule has 6 heteroatoms. The van der Waals surface area contributed by atoms with E-state index >= 15 is 0 Å². The zero-order valence-electron chi connectivity index (χ0n) is 49.2. The normalized spacial score (nSPS) is 12.2. The van der Waals surface area contributed by atoms with E-state index in [1.807, 2.05) is 0 Å². The third-order valence-corrected chi connectivity index (χ3v) is 14.6. The van der Waals surface area contributed by atoms with Gasteiger partial charge in [-0.1, -0.05) is 295 Å². The summed E-state index contributed by atoms with van der Waals surface area (Å²) < 4.78 is 16.9. The molecule has 0 aliphatic rings. The van der Waals surface area contributed by atoms with Crippen molar-refractivity contribution in [3.63, 3.8) is 0 Å². The van der Waals surface area contributed by atoms with E-state index in [1.54, 1.807) is 0 Å². The molecule has 0 radical (unpaired) electrons. The molecule has 1 atom stereocenters. The summed E-state index contributed by atoms with van der Waals surface area (Å²) in [6.07, 6.45) is 75.7. The summed E-state index contributed by atoms with van der Waals surface area (Å²) in [6.45, 7) is 6.67. The molecule has 0 aromatic heterocycles. The van der Waals surface area contributed by atoms with Crippen LogP contribution < -0.4 is 0 Å². The number of hydrogen-bond acceptors (Lipinski definition) is 6. The molecule has 0 rings (SSSR count). The zero-order valence-corrected chi connectivity index (χ0v) is 49.2. The van der Waals surface area contributed by atoms with Gasteiger partial charge in [0.15, 0.2) is 6.10 Å². The summed E-state index contributed by atoms with van der Waals surface area (Å²) in [4.78, 5) is 38.3. The van der Waals surface area contributed by atoms with Crippen LogP contribution in [0.1, 0.15) is 355 Å². The van der Waals surface area contributed by atoms with Crippen molar-refractivity contribution in [2.75, 3.05) is 13.2 Å². The third-order valence-electron chi connectivity index (χ3n) is 14.6. The summed E-state index contributed by atoms with van der Waals surface area (Å²) in [5, 5.41) is 0. The van der Waals surface area contributed by atoms with Crippen molar-refractivity contribution >= 4 is 17.9 Å². The summed E-state index contributed by atoms with van der Waals surface area (Å²) in [6, 6.07) is 0. The lowest BCUT2D eigenvalue weighted by Crippen LogP contribution is -2.30. The number of esters is 3. The van der Waals surface area contributed by atoms with Crippen LogP contribution in [0.5, 0.6) is 0 Å². The van der Waals surface area contributed by atoms with Crippen LogP contribution in [0.4, 0.5) is 0 Å². The van der Waals surface area contributed by atoms with Crippen LogP contribution in [0, 0.1) is 0 Å². The van der Waals surface area contributed by atoms with Crippen LogP contribution in [0.15, 0.2) is 36.5 Å². The zero-order chi connectivity index (χ0) is 52.9. The fourth-order valence-electron chi connectivity index (χ4n) is 9.71. The molecule has 0 amide bonds. The Balaban J connectivity index is 4.33. The second kappa shape index (κ2) is 62.2. The van der Waals surface area contributed by atoms with Crippen LogP contribution in [0.2, 0.25) is 0 Å². The highest BCUT2D eigenvalue weighted by Gasteiger charge is 2.19. The van der Waals surface area contributed by atoms with E-state index in [4.69, 9.17) is 14.2 Å². The number of carbonyl (C=O) groups is 3. The second-order valence-corrected chi connectivity index (χ2v) is 22.0. The number of hydrogen-bond donors (Lipinski definition) is 0. The molecule has 0 aliphatic heterocycles. The van der Waals surface area contributed by atoms with Crippen LogP contribution in [-0.2, 0) is 28.6 Å². The first-order valence-corrected chi connectivity index (χ1v) is 32.5. The van der Waals surface area contributed by atoms with Gasteiger partial charge in [-0.05, 0) is 77.0 Å². The monoisotopic (exact) mass is 1020 g/mol. The van der Waals surface area contributed by atoms with Crippen LogP contribution in [-0.4, -0.2) is 37.2 Å². The Bertz CT molecular complexity index is 1220. The first-order valence-electron chi connectivity index (χ1n) is 32.5. The molecule has 0 aromatic rings. The molecule has 0 bridgehead atoms. The molecule has 0 saturated heterocycles. The number of ether oxygens (including phenoxy) is 3. The van der Waals surface area contributed by atoms with Gasteiger partial charge in [0.1, 0.15) is 13.2 Å². The van der Waals surface area contributed by atoms with E-state index in [2.05, 4.69) is 57.2 Å². The molecule has 0 fully saturated rings. The molecular weight excluding hydrogens is 901 g/mol. The Morgan fingerprint density at radius 1 is 0.274 bits per heavy atom. The van der Waals surface area contributed by atoms with Crippen molar-refractivity contribution in [2.24, 2.45) is 0 Å². The number of unbranched alkanes of at least 4 members (excludes halogenated alkanes) is 43. The molecule has 0 aliphatic carbocycles. The van der Waals surface area contributed by atoms with Gasteiger partial charge in [-0.3, -0.25) is 14.4 Å². The highest BCUT2D eigenvalue weighted by molar-refractivity contribution is 5.71. The Labute approximate surface area is 455 Å². The Morgan fingerprint density at radius 3 is 0.781 bits per heavy atom. The first kappa shape index (κ1) is 70.6. The van der Waals surface area contributed by atoms with Gasteiger partial charge in [0.25, 0.3) is 0 Å². The lowest BCUT2D eigenvalue weighted by Gasteiger charge is -2.18. The molecule has 1 unspecified atom stereocenters. The van der Waals surface area contributed by atoms with Crippen LogP contribution in [0.25, 0.3) is 0 Å². The molecule has 0 N–H and O–H groups in total. The molecular formula is C67H124O6. The van der Waals surface area contributed by atoms with Gasteiger partial charge in [0.05, 0.1) is 0 Å². The minimum absolute atomic E-state index is 0.0731. The predicted molar refractivity (Wildman–Crippen MR) is 316 cm³/mol. The smallest absolute Gasteiger partial charge is 0.306 e. The van der Waals surface area contributed by atoms with Gasteiger partial charge in [-0.25, -0.2) is 0 Å². The van der Waals surface area contributed by atoms with Crippen LogP contribution >= 0.6 is 0 Å². The summed E-state index contributed by atoms with van der Waals surface area (Å²) >= 11 is 0. The van der Waals surface area contributed by atoms with Crippen molar-refractivity contribution in [1.29, 1.82) is 0 Å². The van der Waals surface area contributed by atoms with Crippen LogP contribution in [0.3, 0.4) is 0 Å². The topological polar surface area (TPSA) is 78.9 Å². The fourth-order valence-corrected chi connectivity index (χ4v) is 9.71. The van der Waals surface area contributed by atoms with Gasteiger partial charge in [0.2, 0.25) is 0 Å². The van der Waals surface area contributed by atoms with E-state index in [9.17, 15) is 14.4 Å². The van der Waals surface area contributed by atoms with Gasteiger partial charge in [0, 0.05) is 19.3 Å². The first-order chi connectivity index (χ1) is 36.0. The maximum atomic E-state index is 12.9. The van der Waals surface area contributed by atoms with E-state index in [0.29, 0.717) is 19.3 Å². The highest BCUT2D eigenvalue weighted by atomic mass is 16.6. The fraction of sp³-hybridized carbons (Fsp3) is 0.866. The third kappa shape index (κ3) is 60.4. The van der Waals surface area contributed by atoms with Gasteiger partial charge in [-0.2, -0.15) is 0 Å². The minimum Gasteiger partial charge on any atom is -0.462 e. The minimum atomic E-state index is -0.777. The molecule has 0 aromatic carbocycles. The van der Waals surface area contributed by atoms with Crippen molar-refractivity contribution in [1.82, 2.24) is 0 Å². The molecule has 6 nitrogen and oxygen atoms in total. The van der Waals surface area contributed by atoms with Crippen molar-refractivity contribution < 1.29 is 28.6 Å². The van der Waals surface area contributed by atoms with Crippen molar-refractivity contribution in [2.45, 2.75) is 361 Å². The maximum Gasteiger partial charge on any atom is 0.306 e. The lowest BCUT2D eigenvalue weighted by molar-refractivity contribution is -0.167. The van der Waals surface area contributed by atoms with Gasteiger partial charge >= 0.3 is 17.9 Å². The summed E-state index contributed by atoms with van der Waals surface area (Å²) in [7, 11) is 0. The maximum absolute atomic E-state index is 12.9. The highest BCUT2D eigenvalue weighted by Crippen LogP contribution is 2.17. The second-order valence-electron chi connectivity index (χ2n) is 22.0. The summed E-state index contributed by atoms with van der Waals surface area (Å²) in [5.74, 6) is -0.865.